The van der Waals surface area contributed by atoms with Crippen molar-refractivity contribution in [1.82, 2.24) is 4.37 Å². The van der Waals surface area contributed by atoms with Gasteiger partial charge in [-0.25, -0.2) is 0 Å². The van der Waals surface area contributed by atoms with E-state index in [4.69, 9.17) is 10.8 Å². The fraction of sp³-hybridized carbons (Fsp3) is 0.500. The first-order valence-electron chi connectivity index (χ1n) is 3.40. The molecule has 1 aromatic rings. The molecule has 0 radical (unpaired) electrons. The molecule has 0 fully saturated rings. The van der Waals surface area contributed by atoms with Crippen LogP contribution >= 0.6 is 11.5 Å². The largest absolute Gasteiger partial charge is 0.396 e. The molecule has 0 bridgehead atoms. The molecule has 1 rings (SSSR count). The molecule has 1 heterocycles. The zero-order chi connectivity index (χ0) is 8.10. The van der Waals surface area contributed by atoms with Gasteiger partial charge in [0, 0.05) is 19.2 Å². The molecule has 0 aliphatic heterocycles. The van der Waals surface area contributed by atoms with Gasteiger partial charge in [0.25, 0.3) is 0 Å². The minimum Gasteiger partial charge on any atom is -0.396 e. The molecule has 5 heteroatoms. The van der Waals surface area contributed by atoms with Crippen LogP contribution < -0.4 is 11.1 Å². The average Bonchev–Trinajstić information content (AvgIpc) is 2.37. The molecular weight excluding hydrogens is 162 g/mol. The number of aliphatic hydroxyl groups excluding tert-OH is 1. The number of nitrogen functional groups attached to an aromatic ring is 1. The highest BCUT2D eigenvalue weighted by atomic mass is 32.1. The van der Waals surface area contributed by atoms with E-state index in [9.17, 15) is 0 Å². The molecule has 0 atom stereocenters. The molecule has 4 N–H and O–H groups in total. The second-order valence-corrected chi connectivity index (χ2v) is 2.92. The maximum absolute atomic E-state index is 8.47. The Kier molecular flexibility index (Phi) is 3.13. The first-order chi connectivity index (χ1) is 5.33. The summed E-state index contributed by atoms with van der Waals surface area (Å²) in [6.45, 7) is 0.972. The van der Waals surface area contributed by atoms with Gasteiger partial charge >= 0.3 is 0 Å². The Labute approximate surface area is 69.2 Å². The molecule has 0 unspecified atom stereocenters. The van der Waals surface area contributed by atoms with Crippen molar-refractivity contribution in [3.05, 3.63) is 6.07 Å². The molecule has 0 aromatic carbocycles. The summed E-state index contributed by atoms with van der Waals surface area (Å²) in [4.78, 5) is 0. The molecule has 0 aliphatic carbocycles. The highest BCUT2D eigenvalue weighted by molar-refractivity contribution is 7.10. The van der Waals surface area contributed by atoms with Crippen LogP contribution in [0.5, 0.6) is 0 Å². The Morgan fingerprint density at radius 3 is 3.09 bits per heavy atom. The van der Waals surface area contributed by atoms with Crippen molar-refractivity contribution in [1.29, 1.82) is 0 Å². The van der Waals surface area contributed by atoms with Crippen LogP contribution in [0.25, 0.3) is 0 Å². The van der Waals surface area contributed by atoms with Gasteiger partial charge in [-0.05, 0) is 18.0 Å². The molecule has 11 heavy (non-hydrogen) atoms. The number of nitrogens with zero attached hydrogens (tertiary/aromatic N) is 1. The van der Waals surface area contributed by atoms with Crippen LogP contribution in [0.4, 0.5) is 10.8 Å². The van der Waals surface area contributed by atoms with Gasteiger partial charge in [-0.1, -0.05) is 0 Å². The Bertz CT molecular complexity index is 213. The number of nitrogens with two attached hydrogens (primary N) is 1. The SMILES string of the molecule is Nc1cc(NCCCO)sn1. The topological polar surface area (TPSA) is 71.2 Å². The Morgan fingerprint density at radius 1 is 1.73 bits per heavy atom. The number of hydrogen-bond donors (Lipinski definition) is 3. The van der Waals surface area contributed by atoms with Crippen molar-refractivity contribution in [2.24, 2.45) is 0 Å². The predicted octanol–water partition coefficient (Wildman–Crippen LogP) is 0.520. The van der Waals surface area contributed by atoms with Gasteiger partial charge in [-0.3, -0.25) is 0 Å². The van der Waals surface area contributed by atoms with Crippen molar-refractivity contribution in [2.45, 2.75) is 6.42 Å². The molecule has 0 aliphatic rings. The number of rotatable bonds is 4. The van der Waals surface area contributed by atoms with E-state index in [1.165, 1.54) is 11.5 Å². The predicted molar refractivity (Wildman–Crippen MR) is 46.7 cm³/mol. The van der Waals surface area contributed by atoms with Gasteiger partial charge in [0.1, 0.15) is 10.8 Å². The smallest absolute Gasteiger partial charge is 0.139 e. The van der Waals surface area contributed by atoms with E-state index in [0.29, 0.717) is 5.82 Å². The normalized spacial score (nSPS) is 9.91. The van der Waals surface area contributed by atoms with E-state index in [0.717, 1.165) is 18.0 Å². The van der Waals surface area contributed by atoms with Gasteiger partial charge in [0.2, 0.25) is 0 Å². The molecule has 4 nitrogen and oxygen atoms in total. The van der Waals surface area contributed by atoms with E-state index >= 15 is 0 Å². The molecule has 0 saturated carbocycles. The summed E-state index contributed by atoms with van der Waals surface area (Å²) in [5, 5.41) is 12.5. The molecular formula is C6H11N3OS. The molecule has 0 spiro atoms. The van der Waals surface area contributed by atoms with Crippen molar-refractivity contribution in [3.63, 3.8) is 0 Å². The third-order valence-electron chi connectivity index (χ3n) is 1.16. The zero-order valence-corrected chi connectivity index (χ0v) is 6.90. The van der Waals surface area contributed by atoms with Crippen LogP contribution in [0, 0.1) is 0 Å². The fourth-order valence-corrected chi connectivity index (χ4v) is 1.26. The average molecular weight is 173 g/mol. The Balaban J connectivity index is 2.27. The second kappa shape index (κ2) is 4.15. The highest BCUT2D eigenvalue weighted by Gasteiger charge is 1.95. The van der Waals surface area contributed by atoms with Crippen LogP contribution in [0.1, 0.15) is 6.42 Å². The van der Waals surface area contributed by atoms with E-state index in [-0.39, 0.29) is 6.61 Å². The molecule has 1 aromatic heterocycles. The standard InChI is InChI=1S/C6H11N3OS/c7-5-4-6(11-9-5)8-2-1-3-10/h4,8,10H,1-3H2,(H2,7,9). The minimum absolute atomic E-state index is 0.210. The van der Waals surface area contributed by atoms with Crippen molar-refractivity contribution in [3.8, 4) is 0 Å². The van der Waals surface area contributed by atoms with Gasteiger partial charge in [0.15, 0.2) is 0 Å². The van der Waals surface area contributed by atoms with Crippen LogP contribution in [0.15, 0.2) is 6.07 Å². The maximum atomic E-state index is 8.47. The maximum Gasteiger partial charge on any atom is 0.139 e. The zero-order valence-electron chi connectivity index (χ0n) is 6.08. The van der Waals surface area contributed by atoms with E-state index in [1.54, 1.807) is 6.07 Å². The van der Waals surface area contributed by atoms with Gasteiger partial charge in [-0.15, -0.1) is 0 Å². The minimum atomic E-state index is 0.210. The molecule has 0 amide bonds. The summed E-state index contributed by atoms with van der Waals surface area (Å²) in [5.41, 5.74) is 5.39. The third-order valence-corrected chi connectivity index (χ3v) is 1.92. The van der Waals surface area contributed by atoms with Gasteiger partial charge in [-0.2, -0.15) is 4.37 Å². The number of anilines is 2. The Morgan fingerprint density at radius 2 is 2.55 bits per heavy atom. The lowest BCUT2D eigenvalue weighted by Gasteiger charge is -1.98. The summed E-state index contributed by atoms with van der Waals surface area (Å²) in [6.07, 6.45) is 0.748. The molecule has 62 valence electrons. The van der Waals surface area contributed by atoms with Gasteiger partial charge < -0.3 is 16.2 Å². The van der Waals surface area contributed by atoms with Crippen molar-refractivity contribution in [2.75, 3.05) is 24.2 Å². The summed E-state index contributed by atoms with van der Waals surface area (Å²) in [7, 11) is 0. The summed E-state index contributed by atoms with van der Waals surface area (Å²) in [6, 6.07) is 1.78. The first-order valence-corrected chi connectivity index (χ1v) is 4.17. The highest BCUT2D eigenvalue weighted by Crippen LogP contribution is 2.16. The van der Waals surface area contributed by atoms with Crippen LogP contribution in [0.2, 0.25) is 0 Å². The summed E-state index contributed by atoms with van der Waals surface area (Å²) in [5.74, 6) is 0.543. The van der Waals surface area contributed by atoms with Crippen LogP contribution in [0.3, 0.4) is 0 Å². The summed E-state index contributed by atoms with van der Waals surface area (Å²) < 4.78 is 3.89. The monoisotopic (exact) mass is 173 g/mol. The fourth-order valence-electron chi connectivity index (χ4n) is 0.663. The number of hydrogen-bond acceptors (Lipinski definition) is 5. The van der Waals surface area contributed by atoms with Crippen LogP contribution in [-0.4, -0.2) is 22.6 Å². The van der Waals surface area contributed by atoms with Crippen molar-refractivity contribution < 1.29 is 5.11 Å². The lowest BCUT2D eigenvalue weighted by atomic mass is 10.4. The van der Waals surface area contributed by atoms with Crippen molar-refractivity contribution >= 4 is 22.4 Å². The first kappa shape index (κ1) is 8.29. The van der Waals surface area contributed by atoms with Gasteiger partial charge in [0.05, 0.1) is 0 Å². The number of aliphatic hydroxyl groups is 1. The summed E-state index contributed by atoms with van der Waals surface area (Å²) >= 11 is 1.33. The number of aromatic nitrogens is 1. The second-order valence-electron chi connectivity index (χ2n) is 2.12. The van der Waals surface area contributed by atoms with Crippen LogP contribution in [-0.2, 0) is 0 Å². The molecule has 0 saturated heterocycles. The van der Waals surface area contributed by atoms with E-state index < -0.39 is 0 Å². The Hall–Kier alpha value is -0.810. The van der Waals surface area contributed by atoms with E-state index in [1.807, 2.05) is 0 Å². The van der Waals surface area contributed by atoms with E-state index in [2.05, 4.69) is 9.69 Å². The third kappa shape index (κ3) is 2.73. The number of nitrogens with one attached hydrogen (secondary N) is 1. The lowest BCUT2D eigenvalue weighted by Crippen LogP contribution is -2.01. The lowest BCUT2D eigenvalue weighted by molar-refractivity contribution is 0.292. The quantitative estimate of drug-likeness (QED) is 0.580.